The largest absolute Gasteiger partial charge is 0.416 e. The maximum Gasteiger partial charge on any atom is 0.416 e. The Balaban J connectivity index is 2.14. The van der Waals surface area contributed by atoms with Gasteiger partial charge in [0, 0.05) is 25.2 Å². The molecule has 1 aliphatic carbocycles. The van der Waals surface area contributed by atoms with Crippen molar-refractivity contribution in [2.75, 3.05) is 13.1 Å². The van der Waals surface area contributed by atoms with Crippen LogP contribution in [0.15, 0.2) is 24.3 Å². The standard InChI is InChI=1S/C16H23F3N2/c1-11(2)9-21(12-7-8-12)10-15(20)13-5-3-4-6-14(13)16(17,18)19/h3-6,11-12,15H,7-10,20H2,1-2H3. The average Bonchev–Trinajstić information content (AvgIpc) is 3.20. The Bertz CT molecular complexity index is 467. The molecule has 0 amide bonds. The van der Waals surface area contributed by atoms with Crippen molar-refractivity contribution in [1.29, 1.82) is 0 Å². The summed E-state index contributed by atoms with van der Waals surface area (Å²) in [5.74, 6) is 0.482. The zero-order valence-electron chi connectivity index (χ0n) is 12.5. The Kier molecular flexibility index (Phi) is 4.94. The lowest BCUT2D eigenvalue weighted by Gasteiger charge is -2.28. The van der Waals surface area contributed by atoms with Gasteiger partial charge in [-0.2, -0.15) is 13.2 Å². The molecule has 1 saturated carbocycles. The third-order valence-electron chi connectivity index (χ3n) is 3.76. The van der Waals surface area contributed by atoms with E-state index < -0.39 is 17.8 Å². The number of hydrogen-bond donors (Lipinski definition) is 1. The predicted octanol–water partition coefficient (Wildman–Crippen LogP) is 3.83. The van der Waals surface area contributed by atoms with Crippen LogP contribution in [0.2, 0.25) is 0 Å². The minimum Gasteiger partial charge on any atom is -0.323 e. The lowest BCUT2D eigenvalue weighted by molar-refractivity contribution is -0.138. The maximum atomic E-state index is 13.1. The maximum absolute atomic E-state index is 13.1. The first-order valence-electron chi connectivity index (χ1n) is 7.44. The summed E-state index contributed by atoms with van der Waals surface area (Å²) in [5, 5.41) is 0. The zero-order chi connectivity index (χ0) is 15.6. The van der Waals surface area contributed by atoms with Gasteiger partial charge in [-0.25, -0.2) is 0 Å². The first-order valence-corrected chi connectivity index (χ1v) is 7.44. The van der Waals surface area contributed by atoms with E-state index in [2.05, 4.69) is 18.7 Å². The molecule has 118 valence electrons. The SMILES string of the molecule is CC(C)CN(CC(N)c1ccccc1C(F)(F)F)C1CC1. The molecule has 0 heterocycles. The summed E-state index contributed by atoms with van der Waals surface area (Å²) in [6.45, 7) is 5.59. The van der Waals surface area contributed by atoms with Crippen molar-refractivity contribution in [2.24, 2.45) is 11.7 Å². The van der Waals surface area contributed by atoms with Crippen LogP contribution in [0.25, 0.3) is 0 Å². The van der Waals surface area contributed by atoms with Gasteiger partial charge in [-0.1, -0.05) is 32.0 Å². The van der Waals surface area contributed by atoms with E-state index in [1.807, 2.05) is 0 Å². The van der Waals surface area contributed by atoms with Gasteiger partial charge in [-0.05, 0) is 30.4 Å². The van der Waals surface area contributed by atoms with Crippen LogP contribution in [0.4, 0.5) is 13.2 Å². The molecule has 21 heavy (non-hydrogen) atoms. The van der Waals surface area contributed by atoms with Gasteiger partial charge in [0.1, 0.15) is 0 Å². The highest BCUT2D eigenvalue weighted by atomic mass is 19.4. The molecule has 1 aliphatic rings. The Morgan fingerprint density at radius 2 is 1.81 bits per heavy atom. The van der Waals surface area contributed by atoms with Crippen LogP contribution in [0, 0.1) is 5.92 Å². The molecule has 2 rings (SSSR count). The van der Waals surface area contributed by atoms with Crippen LogP contribution in [0.3, 0.4) is 0 Å². The second kappa shape index (κ2) is 6.36. The van der Waals surface area contributed by atoms with Crippen molar-refractivity contribution in [3.8, 4) is 0 Å². The fourth-order valence-corrected chi connectivity index (χ4v) is 2.71. The summed E-state index contributed by atoms with van der Waals surface area (Å²) in [5.41, 5.74) is 5.67. The van der Waals surface area contributed by atoms with E-state index in [9.17, 15) is 13.2 Å². The smallest absolute Gasteiger partial charge is 0.323 e. The second-order valence-electron chi connectivity index (χ2n) is 6.27. The summed E-state index contributed by atoms with van der Waals surface area (Å²) >= 11 is 0. The molecule has 2 nitrogen and oxygen atoms in total. The number of halogens is 3. The molecule has 2 N–H and O–H groups in total. The van der Waals surface area contributed by atoms with Crippen molar-refractivity contribution in [2.45, 2.75) is 44.9 Å². The molecule has 5 heteroatoms. The summed E-state index contributed by atoms with van der Waals surface area (Å²) in [6.07, 6.45) is -2.10. The fraction of sp³-hybridized carbons (Fsp3) is 0.625. The zero-order valence-corrected chi connectivity index (χ0v) is 12.5. The molecule has 0 saturated heterocycles. The van der Waals surface area contributed by atoms with Crippen LogP contribution >= 0.6 is 0 Å². The van der Waals surface area contributed by atoms with Crippen molar-refractivity contribution in [3.05, 3.63) is 35.4 Å². The lowest BCUT2D eigenvalue weighted by Crippen LogP contribution is -2.37. The van der Waals surface area contributed by atoms with E-state index in [1.54, 1.807) is 6.07 Å². The summed E-state index contributed by atoms with van der Waals surface area (Å²) in [4.78, 5) is 2.24. The summed E-state index contributed by atoms with van der Waals surface area (Å²) in [7, 11) is 0. The Morgan fingerprint density at radius 3 is 2.33 bits per heavy atom. The minimum absolute atomic E-state index is 0.194. The first kappa shape index (κ1) is 16.3. The minimum atomic E-state index is -4.35. The molecule has 0 aliphatic heterocycles. The second-order valence-corrected chi connectivity index (χ2v) is 6.27. The van der Waals surface area contributed by atoms with E-state index in [1.165, 1.54) is 12.1 Å². The average molecular weight is 300 g/mol. The van der Waals surface area contributed by atoms with Gasteiger partial charge in [0.15, 0.2) is 0 Å². The molecule has 0 aromatic heterocycles. The van der Waals surface area contributed by atoms with Crippen molar-refractivity contribution in [1.82, 2.24) is 4.90 Å². The molecule has 0 bridgehead atoms. The van der Waals surface area contributed by atoms with Gasteiger partial charge >= 0.3 is 6.18 Å². The van der Waals surface area contributed by atoms with Gasteiger partial charge in [0.25, 0.3) is 0 Å². The Labute approximate surface area is 124 Å². The molecule has 1 atom stereocenters. The first-order chi connectivity index (χ1) is 9.79. The molecule has 1 unspecified atom stereocenters. The van der Waals surface area contributed by atoms with Gasteiger partial charge in [-0.3, -0.25) is 4.90 Å². The third kappa shape index (κ3) is 4.45. The topological polar surface area (TPSA) is 29.3 Å². The normalized spacial score (nSPS) is 17.5. The van der Waals surface area contributed by atoms with E-state index in [0.717, 1.165) is 25.5 Å². The van der Waals surface area contributed by atoms with Gasteiger partial charge in [-0.15, -0.1) is 0 Å². The van der Waals surface area contributed by atoms with E-state index in [0.29, 0.717) is 18.5 Å². The predicted molar refractivity (Wildman–Crippen MR) is 77.8 cm³/mol. The highest BCUT2D eigenvalue weighted by Gasteiger charge is 2.36. The molecule has 0 radical (unpaired) electrons. The van der Waals surface area contributed by atoms with Crippen LogP contribution in [0.1, 0.15) is 43.9 Å². The third-order valence-corrected chi connectivity index (χ3v) is 3.76. The van der Waals surface area contributed by atoms with Gasteiger partial charge in [0.2, 0.25) is 0 Å². The molecule has 1 aromatic carbocycles. The van der Waals surface area contributed by atoms with Crippen LogP contribution in [0.5, 0.6) is 0 Å². The summed E-state index contributed by atoms with van der Waals surface area (Å²) < 4.78 is 39.2. The van der Waals surface area contributed by atoms with Gasteiger partial charge in [0.05, 0.1) is 5.56 Å². The highest BCUT2D eigenvalue weighted by molar-refractivity contribution is 5.32. The number of nitrogens with two attached hydrogens (primary N) is 1. The van der Waals surface area contributed by atoms with Crippen LogP contribution in [-0.4, -0.2) is 24.0 Å². The van der Waals surface area contributed by atoms with Crippen LogP contribution in [-0.2, 0) is 6.18 Å². The lowest BCUT2D eigenvalue weighted by atomic mass is 9.99. The van der Waals surface area contributed by atoms with Crippen LogP contribution < -0.4 is 5.73 Å². The summed E-state index contributed by atoms with van der Waals surface area (Å²) in [6, 6.07) is 5.52. The molecular formula is C16H23F3N2. The monoisotopic (exact) mass is 300 g/mol. The number of rotatable bonds is 6. The van der Waals surface area contributed by atoms with Crippen molar-refractivity contribution >= 4 is 0 Å². The quantitative estimate of drug-likeness (QED) is 0.865. The van der Waals surface area contributed by atoms with Crippen molar-refractivity contribution in [3.63, 3.8) is 0 Å². The fourth-order valence-electron chi connectivity index (χ4n) is 2.71. The Hall–Kier alpha value is -1.07. The molecule has 0 spiro atoms. The van der Waals surface area contributed by atoms with E-state index in [4.69, 9.17) is 5.73 Å². The molecule has 1 fully saturated rings. The number of nitrogens with zero attached hydrogens (tertiary/aromatic N) is 1. The van der Waals surface area contributed by atoms with E-state index >= 15 is 0 Å². The Morgan fingerprint density at radius 1 is 1.19 bits per heavy atom. The number of benzene rings is 1. The molecule has 1 aromatic rings. The highest BCUT2D eigenvalue weighted by Crippen LogP contribution is 2.35. The van der Waals surface area contributed by atoms with Crippen molar-refractivity contribution < 1.29 is 13.2 Å². The molecular weight excluding hydrogens is 277 g/mol. The number of alkyl halides is 3. The van der Waals surface area contributed by atoms with E-state index in [-0.39, 0.29) is 5.56 Å². The van der Waals surface area contributed by atoms with Gasteiger partial charge < -0.3 is 5.73 Å². The number of hydrogen-bond acceptors (Lipinski definition) is 2.